The van der Waals surface area contributed by atoms with Crippen molar-refractivity contribution in [3.8, 4) is 6.07 Å². The first-order valence-corrected chi connectivity index (χ1v) is 6.07. The number of aliphatic hydroxyl groups is 1. The van der Waals surface area contributed by atoms with Crippen molar-refractivity contribution in [1.29, 1.82) is 5.26 Å². The van der Waals surface area contributed by atoms with Crippen molar-refractivity contribution >= 4 is 21.6 Å². The first kappa shape index (κ1) is 13.9. The molecular formula is C12H14BrFN2O. The number of aliphatic hydroxyl groups excluding tert-OH is 1. The molecule has 2 N–H and O–H groups in total. The lowest BCUT2D eigenvalue weighted by atomic mass is 10.1. The van der Waals surface area contributed by atoms with Gasteiger partial charge in [-0.2, -0.15) is 5.26 Å². The van der Waals surface area contributed by atoms with E-state index in [1.807, 2.05) is 13.0 Å². The molecule has 0 amide bonds. The van der Waals surface area contributed by atoms with Crippen LogP contribution in [0, 0.1) is 17.1 Å². The number of nitrogens with one attached hydrogen (secondary N) is 1. The minimum atomic E-state index is -0.485. The number of rotatable bonds is 4. The Balaban J connectivity index is 2.87. The molecular weight excluding hydrogens is 287 g/mol. The third-order valence-electron chi connectivity index (χ3n) is 2.30. The van der Waals surface area contributed by atoms with Gasteiger partial charge in [0.2, 0.25) is 0 Å². The Labute approximate surface area is 108 Å². The van der Waals surface area contributed by atoms with Gasteiger partial charge >= 0.3 is 0 Å². The summed E-state index contributed by atoms with van der Waals surface area (Å²) in [5, 5.41) is 20.9. The lowest BCUT2D eigenvalue weighted by Crippen LogP contribution is -2.21. The van der Waals surface area contributed by atoms with Crippen molar-refractivity contribution in [1.82, 2.24) is 0 Å². The van der Waals surface area contributed by atoms with E-state index in [-0.39, 0.29) is 16.1 Å². The van der Waals surface area contributed by atoms with Gasteiger partial charge in [0.25, 0.3) is 0 Å². The monoisotopic (exact) mass is 300 g/mol. The second kappa shape index (κ2) is 5.99. The molecule has 5 heteroatoms. The molecule has 0 saturated heterocycles. The second-order valence-corrected chi connectivity index (χ2v) is 4.82. The fraction of sp³-hybridized carbons (Fsp3) is 0.417. The molecule has 0 spiro atoms. The van der Waals surface area contributed by atoms with Gasteiger partial charge in [0, 0.05) is 6.04 Å². The predicted molar refractivity (Wildman–Crippen MR) is 68.2 cm³/mol. The summed E-state index contributed by atoms with van der Waals surface area (Å²) in [5.74, 6) is -0.485. The van der Waals surface area contributed by atoms with Crippen LogP contribution in [0.3, 0.4) is 0 Å². The minimum absolute atomic E-state index is 0.0515. The van der Waals surface area contributed by atoms with E-state index in [1.165, 1.54) is 6.07 Å². The van der Waals surface area contributed by atoms with Crippen LogP contribution >= 0.6 is 15.9 Å². The standard InChI is InChI=1S/C12H14BrFN2O/c1-7(5-8(2)17)16-10-4-3-9(6-15)11(13)12(10)14/h3-4,7-8,16-17H,5H2,1-2H3. The predicted octanol–water partition coefficient (Wildman–Crippen LogP) is 3.03. The molecule has 0 heterocycles. The van der Waals surface area contributed by atoms with E-state index < -0.39 is 11.9 Å². The highest BCUT2D eigenvalue weighted by Gasteiger charge is 2.13. The van der Waals surface area contributed by atoms with Gasteiger partial charge in [-0.05, 0) is 48.3 Å². The summed E-state index contributed by atoms with van der Waals surface area (Å²) < 4.78 is 14.0. The van der Waals surface area contributed by atoms with Gasteiger partial charge in [0.15, 0.2) is 5.82 Å². The Morgan fingerprint density at radius 3 is 2.71 bits per heavy atom. The summed E-state index contributed by atoms with van der Waals surface area (Å²) in [4.78, 5) is 0. The largest absolute Gasteiger partial charge is 0.393 e. The first-order chi connectivity index (χ1) is 7.95. The average Bonchev–Trinajstić information content (AvgIpc) is 2.24. The Hall–Kier alpha value is -1.12. The summed E-state index contributed by atoms with van der Waals surface area (Å²) in [6.07, 6.45) is 0.0826. The van der Waals surface area contributed by atoms with E-state index >= 15 is 0 Å². The molecule has 0 radical (unpaired) electrons. The maximum absolute atomic E-state index is 13.8. The molecule has 0 aliphatic heterocycles. The van der Waals surface area contributed by atoms with Gasteiger partial charge in [-0.1, -0.05) is 0 Å². The van der Waals surface area contributed by atoms with Gasteiger partial charge in [0.05, 0.1) is 21.8 Å². The zero-order chi connectivity index (χ0) is 13.0. The molecule has 2 atom stereocenters. The molecule has 1 aromatic carbocycles. The van der Waals surface area contributed by atoms with Crippen LogP contribution in [0.2, 0.25) is 0 Å². The molecule has 17 heavy (non-hydrogen) atoms. The molecule has 0 bridgehead atoms. The zero-order valence-corrected chi connectivity index (χ0v) is 11.3. The van der Waals surface area contributed by atoms with Gasteiger partial charge < -0.3 is 10.4 Å². The smallest absolute Gasteiger partial charge is 0.161 e. The molecule has 2 unspecified atom stereocenters. The number of hydrogen-bond acceptors (Lipinski definition) is 3. The molecule has 3 nitrogen and oxygen atoms in total. The maximum Gasteiger partial charge on any atom is 0.161 e. The SMILES string of the molecule is CC(O)CC(C)Nc1ccc(C#N)c(Br)c1F. The van der Waals surface area contributed by atoms with E-state index in [0.29, 0.717) is 12.1 Å². The number of nitrogens with zero attached hydrogens (tertiary/aromatic N) is 1. The van der Waals surface area contributed by atoms with Crippen molar-refractivity contribution in [2.75, 3.05) is 5.32 Å². The van der Waals surface area contributed by atoms with Gasteiger partial charge in [-0.25, -0.2) is 4.39 Å². The van der Waals surface area contributed by atoms with Crippen molar-refractivity contribution in [2.45, 2.75) is 32.4 Å². The van der Waals surface area contributed by atoms with Crippen LogP contribution in [0.15, 0.2) is 16.6 Å². The van der Waals surface area contributed by atoms with Crippen LogP contribution < -0.4 is 5.32 Å². The zero-order valence-electron chi connectivity index (χ0n) is 9.67. The summed E-state index contributed by atoms with van der Waals surface area (Å²) in [6.45, 7) is 3.54. The average molecular weight is 301 g/mol. The number of benzene rings is 1. The molecule has 92 valence electrons. The lowest BCUT2D eigenvalue weighted by Gasteiger charge is -2.17. The Bertz CT molecular complexity index is 443. The summed E-state index contributed by atoms with van der Waals surface area (Å²) in [5.41, 5.74) is 0.584. The van der Waals surface area contributed by atoms with Crippen LogP contribution in [0.5, 0.6) is 0 Å². The molecule has 0 aliphatic rings. The third kappa shape index (κ3) is 3.69. The number of anilines is 1. The van der Waals surface area contributed by atoms with Gasteiger partial charge in [-0.3, -0.25) is 0 Å². The highest BCUT2D eigenvalue weighted by molar-refractivity contribution is 9.10. The van der Waals surface area contributed by atoms with Crippen molar-refractivity contribution in [3.05, 3.63) is 28.0 Å². The first-order valence-electron chi connectivity index (χ1n) is 5.28. The Morgan fingerprint density at radius 2 is 2.18 bits per heavy atom. The van der Waals surface area contributed by atoms with Crippen molar-refractivity contribution < 1.29 is 9.50 Å². The fourth-order valence-corrected chi connectivity index (χ4v) is 2.02. The van der Waals surface area contributed by atoms with E-state index in [2.05, 4.69) is 21.2 Å². The van der Waals surface area contributed by atoms with Gasteiger partial charge in [-0.15, -0.1) is 0 Å². The van der Waals surface area contributed by atoms with Crippen LogP contribution in [-0.4, -0.2) is 17.3 Å². The summed E-state index contributed by atoms with van der Waals surface area (Å²) in [6, 6.07) is 4.91. The fourth-order valence-electron chi connectivity index (χ4n) is 1.58. The molecule has 1 aromatic rings. The second-order valence-electron chi connectivity index (χ2n) is 4.03. The summed E-state index contributed by atoms with van der Waals surface area (Å²) >= 11 is 3.05. The van der Waals surface area contributed by atoms with Crippen LogP contribution in [0.25, 0.3) is 0 Å². The topological polar surface area (TPSA) is 56.0 Å². The maximum atomic E-state index is 13.8. The third-order valence-corrected chi connectivity index (χ3v) is 3.07. The van der Waals surface area contributed by atoms with Crippen molar-refractivity contribution in [2.24, 2.45) is 0 Å². The number of halogens is 2. The quantitative estimate of drug-likeness (QED) is 0.898. The van der Waals surface area contributed by atoms with Crippen molar-refractivity contribution in [3.63, 3.8) is 0 Å². The number of nitriles is 1. The lowest BCUT2D eigenvalue weighted by molar-refractivity contribution is 0.179. The van der Waals surface area contributed by atoms with Crippen LogP contribution in [-0.2, 0) is 0 Å². The van der Waals surface area contributed by atoms with E-state index in [9.17, 15) is 9.50 Å². The molecule has 0 saturated carbocycles. The van der Waals surface area contributed by atoms with Crippen LogP contribution in [0.1, 0.15) is 25.8 Å². The van der Waals surface area contributed by atoms with E-state index in [0.717, 1.165) is 0 Å². The molecule has 0 fully saturated rings. The van der Waals surface area contributed by atoms with Crippen LogP contribution in [0.4, 0.5) is 10.1 Å². The number of hydrogen-bond donors (Lipinski definition) is 2. The highest BCUT2D eigenvalue weighted by atomic mass is 79.9. The summed E-state index contributed by atoms with van der Waals surface area (Å²) in [7, 11) is 0. The molecule has 0 aromatic heterocycles. The molecule has 0 aliphatic carbocycles. The highest BCUT2D eigenvalue weighted by Crippen LogP contribution is 2.27. The van der Waals surface area contributed by atoms with E-state index in [1.54, 1.807) is 13.0 Å². The van der Waals surface area contributed by atoms with Gasteiger partial charge in [0.1, 0.15) is 6.07 Å². The minimum Gasteiger partial charge on any atom is -0.393 e. The normalized spacial score (nSPS) is 13.9. The van der Waals surface area contributed by atoms with E-state index in [4.69, 9.17) is 5.26 Å². The Kier molecular flexibility index (Phi) is 4.91. The Morgan fingerprint density at radius 1 is 1.53 bits per heavy atom. The molecule has 1 rings (SSSR count).